The van der Waals surface area contributed by atoms with Gasteiger partial charge in [-0.1, -0.05) is 18.2 Å². The van der Waals surface area contributed by atoms with Gasteiger partial charge < -0.3 is 10.2 Å². The van der Waals surface area contributed by atoms with Crippen molar-refractivity contribution < 1.29 is 22.4 Å². The molecule has 0 unspecified atom stereocenters. The molecule has 26 heavy (non-hydrogen) atoms. The number of carbonyl (C=O) groups excluding carboxylic acids is 2. The first kappa shape index (κ1) is 18.1. The summed E-state index contributed by atoms with van der Waals surface area (Å²) in [5, 5.41) is 2.49. The van der Waals surface area contributed by atoms with E-state index in [4.69, 9.17) is 0 Å². The molecule has 1 N–H and O–H groups in total. The van der Waals surface area contributed by atoms with Crippen molar-refractivity contribution in [3.63, 3.8) is 0 Å². The molecule has 2 aromatic carbocycles. The summed E-state index contributed by atoms with van der Waals surface area (Å²) < 4.78 is 38.5. The number of hydrogen-bond donors (Lipinski definition) is 1. The van der Waals surface area contributed by atoms with Crippen LogP contribution in [0.4, 0.5) is 10.1 Å². The summed E-state index contributed by atoms with van der Waals surface area (Å²) in [6.07, 6.45) is 0. The molecule has 2 aromatic rings. The second-order valence-electron chi connectivity index (χ2n) is 5.96. The Morgan fingerprint density at radius 1 is 1.19 bits per heavy atom. The molecule has 0 spiro atoms. The zero-order valence-corrected chi connectivity index (χ0v) is 14.8. The van der Waals surface area contributed by atoms with Gasteiger partial charge in [-0.3, -0.25) is 9.59 Å². The van der Waals surface area contributed by atoms with Crippen LogP contribution in [0.1, 0.15) is 18.5 Å². The maximum absolute atomic E-state index is 13.6. The lowest BCUT2D eigenvalue weighted by Gasteiger charge is -2.18. The van der Waals surface area contributed by atoms with E-state index in [1.54, 1.807) is 18.2 Å². The number of nitrogens with zero attached hydrogens (tertiary/aromatic N) is 1. The lowest BCUT2D eigenvalue weighted by Crippen LogP contribution is -2.38. The molecule has 136 valence electrons. The molecule has 0 fully saturated rings. The Kier molecular flexibility index (Phi) is 4.78. The average molecular weight is 376 g/mol. The van der Waals surface area contributed by atoms with Gasteiger partial charge in [0.15, 0.2) is 9.84 Å². The van der Waals surface area contributed by atoms with E-state index < -0.39 is 33.5 Å². The molecule has 1 heterocycles. The summed E-state index contributed by atoms with van der Waals surface area (Å²) in [7, 11) is -3.58. The first-order valence-electron chi connectivity index (χ1n) is 7.95. The van der Waals surface area contributed by atoms with Gasteiger partial charge >= 0.3 is 0 Å². The van der Waals surface area contributed by atoms with Crippen LogP contribution in [0.25, 0.3) is 0 Å². The lowest BCUT2D eigenvalue weighted by molar-refractivity contribution is -0.126. The van der Waals surface area contributed by atoms with Crippen LogP contribution in [0, 0.1) is 5.82 Å². The third-order valence-electron chi connectivity index (χ3n) is 4.14. The fourth-order valence-electron chi connectivity index (χ4n) is 2.94. The lowest BCUT2D eigenvalue weighted by atomic mass is 10.1. The summed E-state index contributed by atoms with van der Waals surface area (Å²) >= 11 is 0. The summed E-state index contributed by atoms with van der Waals surface area (Å²) in [5.41, 5.74) is 0.723. The maximum atomic E-state index is 13.6. The van der Waals surface area contributed by atoms with E-state index in [9.17, 15) is 22.4 Å². The highest BCUT2D eigenvalue weighted by Gasteiger charge is 2.38. The van der Waals surface area contributed by atoms with Gasteiger partial charge in [-0.2, -0.15) is 0 Å². The van der Waals surface area contributed by atoms with Crippen LogP contribution in [0.3, 0.4) is 0 Å². The largest absolute Gasteiger partial charge is 0.341 e. The highest BCUT2D eigenvalue weighted by molar-refractivity contribution is 7.91. The topological polar surface area (TPSA) is 83.6 Å². The zero-order chi connectivity index (χ0) is 18.9. The number of anilines is 1. The number of halogens is 1. The number of nitrogens with one attached hydrogen (secondary N) is 1. The fourth-order valence-corrected chi connectivity index (χ4v) is 4.17. The van der Waals surface area contributed by atoms with E-state index in [-0.39, 0.29) is 17.2 Å². The zero-order valence-electron chi connectivity index (χ0n) is 14.0. The molecule has 2 amide bonds. The molecule has 0 saturated heterocycles. The molecule has 0 bridgehead atoms. The van der Waals surface area contributed by atoms with Gasteiger partial charge in [-0.25, -0.2) is 12.8 Å². The molecular formula is C18H17FN2O4S. The van der Waals surface area contributed by atoms with Crippen molar-refractivity contribution in [2.45, 2.75) is 17.9 Å². The minimum atomic E-state index is -3.58. The van der Waals surface area contributed by atoms with Crippen LogP contribution in [0.2, 0.25) is 0 Å². The van der Waals surface area contributed by atoms with E-state index in [1.165, 1.54) is 42.2 Å². The third-order valence-corrected chi connectivity index (χ3v) is 5.85. The Bertz CT molecular complexity index is 960. The van der Waals surface area contributed by atoms with Gasteiger partial charge in [0.25, 0.3) is 5.91 Å². The third kappa shape index (κ3) is 3.45. The highest BCUT2D eigenvalue weighted by atomic mass is 32.2. The molecule has 0 aromatic heterocycles. The van der Waals surface area contributed by atoms with Gasteiger partial charge in [-0.05, 0) is 30.3 Å². The highest BCUT2D eigenvalue weighted by Crippen LogP contribution is 2.36. The van der Waals surface area contributed by atoms with Crippen LogP contribution in [0.5, 0.6) is 0 Å². The van der Waals surface area contributed by atoms with Gasteiger partial charge in [-0.15, -0.1) is 0 Å². The van der Waals surface area contributed by atoms with Crippen molar-refractivity contribution in [1.29, 1.82) is 0 Å². The predicted octanol–water partition coefficient (Wildman–Crippen LogP) is 1.82. The predicted molar refractivity (Wildman–Crippen MR) is 93.8 cm³/mol. The molecular weight excluding hydrogens is 359 g/mol. The van der Waals surface area contributed by atoms with Crippen molar-refractivity contribution in [2.24, 2.45) is 0 Å². The Labute approximate surface area is 150 Å². The number of fused-ring (bicyclic) bond motifs is 1. The van der Waals surface area contributed by atoms with Crippen molar-refractivity contribution in [3.05, 3.63) is 59.9 Å². The quantitative estimate of drug-likeness (QED) is 0.863. The van der Waals surface area contributed by atoms with Crippen LogP contribution >= 0.6 is 0 Å². The van der Waals surface area contributed by atoms with Crippen molar-refractivity contribution in [3.8, 4) is 0 Å². The monoisotopic (exact) mass is 376 g/mol. The number of amides is 2. The van der Waals surface area contributed by atoms with E-state index in [2.05, 4.69) is 5.32 Å². The summed E-state index contributed by atoms with van der Waals surface area (Å²) in [5.74, 6) is -1.74. The summed E-state index contributed by atoms with van der Waals surface area (Å²) in [6.45, 7) is 1.17. The molecule has 1 atom stereocenters. The van der Waals surface area contributed by atoms with Crippen LogP contribution in [-0.4, -0.2) is 32.5 Å². The van der Waals surface area contributed by atoms with Gasteiger partial charge in [0.2, 0.25) is 5.91 Å². The SMILES string of the molecule is CC(=O)N[C@@H]1C(=O)N(CCS(=O)(=O)c2ccccc2)c2ccc(F)cc21. The summed E-state index contributed by atoms with van der Waals surface area (Å²) in [4.78, 5) is 25.5. The maximum Gasteiger partial charge on any atom is 0.254 e. The Morgan fingerprint density at radius 3 is 2.54 bits per heavy atom. The molecule has 0 radical (unpaired) electrons. The van der Waals surface area contributed by atoms with Crippen molar-refractivity contribution >= 4 is 27.3 Å². The number of hydrogen-bond acceptors (Lipinski definition) is 4. The first-order valence-corrected chi connectivity index (χ1v) is 9.60. The normalized spacial score (nSPS) is 16.5. The van der Waals surface area contributed by atoms with Gasteiger partial charge in [0.1, 0.15) is 11.9 Å². The van der Waals surface area contributed by atoms with Crippen LogP contribution in [-0.2, 0) is 19.4 Å². The molecule has 8 heteroatoms. The average Bonchev–Trinajstić information content (AvgIpc) is 2.85. The number of carbonyl (C=O) groups is 2. The van der Waals surface area contributed by atoms with Crippen LogP contribution < -0.4 is 10.2 Å². The Balaban J connectivity index is 1.87. The van der Waals surface area contributed by atoms with Crippen LogP contribution in [0.15, 0.2) is 53.4 Å². The van der Waals surface area contributed by atoms with E-state index >= 15 is 0 Å². The van der Waals surface area contributed by atoms with E-state index in [0.717, 1.165) is 0 Å². The minimum absolute atomic E-state index is 0.0925. The van der Waals surface area contributed by atoms with E-state index in [0.29, 0.717) is 11.3 Å². The minimum Gasteiger partial charge on any atom is -0.341 e. The molecule has 0 aliphatic carbocycles. The Hall–Kier alpha value is -2.74. The molecule has 1 aliphatic heterocycles. The molecule has 3 rings (SSSR count). The fraction of sp³-hybridized carbons (Fsp3) is 0.222. The smallest absolute Gasteiger partial charge is 0.254 e. The molecule has 6 nitrogen and oxygen atoms in total. The first-order chi connectivity index (χ1) is 12.3. The molecule has 1 aliphatic rings. The number of rotatable bonds is 5. The molecule has 0 saturated carbocycles. The standard InChI is InChI=1S/C18H17FN2O4S/c1-12(22)20-17-15-11-13(19)7-8-16(15)21(18(17)23)9-10-26(24,25)14-5-3-2-4-6-14/h2-8,11,17H,9-10H2,1H3,(H,20,22)/t17-/m0/s1. The van der Waals surface area contributed by atoms with E-state index in [1.807, 2.05) is 0 Å². The Morgan fingerprint density at radius 2 is 1.88 bits per heavy atom. The van der Waals surface area contributed by atoms with Crippen molar-refractivity contribution in [1.82, 2.24) is 5.32 Å². The van der Waals surface area contributed by atoms with Gasteiger partial charge in [0, 0.05) is 24.7 Å². The van der Waals surface area contributed by atoms with Crippen molar-refractivity contribution in [2.75, 3.05) is 17.2 Å². The number of sulfone groups is 1. The van der Waals surface area contributed by atoms with Gasteiger partial charge in [0.05, 0.1) is 10.6 Å². The second kappa shape index (κ2) is 6.87. The second-order valence-corrected chi connectivity index (χ2v) is 8.07. The number of benzene rings is 2. The summed E-state index contributed by atoms with van der Waals surface area (Å²) in [6, 6.07) is 10.7.